The van der Waals surface area contributed by atoms with E-state index < -0.39 is 0 Å². The molecule has 106 valence electrons. The SMILES string of the molecule is CCCNC(=O)c1csc(CN(CCC)C(C)=O)n1. The first-order valence-electron chi connectivity index (χ1n) is 6.56. The Morgan fingerprint density at radius 1 is 1.37 bits per heavy atom. The van der Waals surface area contributed by atoms with Crippen molar-refractivity contribution in [1.82, 2.24) is 15.2 Å². The van der Waals surface area contributed by atoms with E-state index in [1.807, 2.05) is 13.8 Å². The fourth-order valence-electron chi connectivity index (χ4n) is 1.60. The van der Waals surface area contributed by atoms with Gasteiger partial charge in [-0.25, -0.2) is 4.98 Å². The first kappa shape index (κ1) is 15.6. The normalized spacial score (nSPS) is 10.3. The van der Waals surface area contributed by atoms with Gasteiger partial charge in [-0.3, -0.25) is 9.59 Å². The van der Waals surface area contributed by atoms with E-state index in [0.29, 0.717) is 25.3 Å². The highest BCUT2D eigenvalue weighted by atomic mass is 32.1. The molecule has 2 amide bonds. The zero-order chi connectivity index (χ0) is 14.3. The van der Waals surface area contributed by atoms with Crippen molar-refractivity contribution in [2.75, 3.05) is 13.1 Å². The molecular weight excluding hydrogens is 262 g/mol. The molecule has 0 radical (unpaired) electrons. The van der Waals surface area contributed by atoms with Crippen LogP contribution in [0.3, 0.4) is 0 Å². The van der Waals surface area contributed by atoms with Crippen LogP contribution in [0.5, 0.6) is 0 Å². The highest BCUT2D eigenvalue weighted by molar-refractivity contribution is 7.09. The van der Waals surface area contributed by atoms with Gasteiger partial charge in [-0.2, -0.15) is 0 Å². The van der Waals surface area contributed by atoms with Gasteiger partial charge in [0.25, 0.3) is 5.91 Å². The van der Waals surface area contributed by atoms with E-state index in [-0.39, 0.29) is 11.8 Å². The molecule has 0 aliphatic heterocycles. The smallest absolute Gasteiger partial charge is 0.270 e. The van der Waals surface area contributed by atoms with Gasteiger partial charge >= 0.3 is 0 Å². The fourth-order valence-corrected chi connectivity index (χ4v) is 2.39. The molecule has 0 aliphatic carbocycles. The number of rotatable bonds is 7. The van der Waals surface area contributed by atoms with Crippen LogP contribution in [-0.4, -0.2) is 34.8 Å². The molecule has 0 bridgehead atoms. The van der Waals surface area contributed by atoms with E-state index >= 15 is 0 Å². The summed E-state index contributed by atoms with van der Waals surface area (Å²) in [5.41, 5.74) is 0.438. The van der Waals surface area contributed by atoms with Crippen molar-refractivity contribution in [3.05, 3.63) is 16.1 Å². The maximum Gasteiger partial charge on any atom is 0.270 e. The molecule has 19 heavy (non-hydrogen) atoms. The van der Waals surface area contributed by atoms with Crippen molar-refractivity contribution in [1.29, 1.82) is 0 Å². The summed E-state index contributed by atoms with van der Waals surface area (Å²) in [4.78, 5) is 29.2. The summed E-state index contributed by atoms with van der Waals surface area (Å²) in [5.74, 6) is -0.108. The Morgan fingerprint density at radius 3 is 2.68 bits per heavy atom. The minimum atomic E-state index is -0.144. The molecule has 0 saturated carbocycles. The third-order valence-corrected chi connectivity index (χ3v) is 3.42. The van der Waals surface area contributed by atoms with Gasteiger partial charge in [-0.15, -0.1) is 11.3 Å². The summed E-state index contributed by atoms with van der Waals surface area (Å²) < 4.78 is 0. The number of hydrogen-bond donors (Lipinski definition) is 1. The third kappa shape index (κ3) is 4.98. The topological polar surface area (TPSA) is 62.3 Å². The van der Waals surface area contributed by atoms with Gasteiger partial charge in [0.2, 0.25) is 5.91 Å². The van der Waals surface area contributed by atoms with E-state index in [1.54, 1.807) is 17.2 Å². The maximum absolute atomic E-state index is 11.7. The van der Waals surface area contributed by atoms with Crippen molar-refractivity contribution in [3.8, 4) is 0 Å². The molecule has 1 aromatic rings. The maximum atomic E-state index is 11.7. The monoisotopic (exact) mass is 283 g/mol. The third-order valence-electron chi connectivity index (χ3n) is 2.58. The van der Waals surface area contributed by atoms with E-state index in [2.05, 4.69) is 10.3 Å². The lowest BCUT2D eigenvalue weighted by Crippen LogP contribution is -2.29. The first-order valence-corrected chi connectivity index (χ1v) is 7.44. The standard InChI is InChI=1S/C13H21N3O2S/c1-4-6-14-13(18)11-9-19-12(15-11)8-16(7-5-2)10(3)17/h9H,4-8H2,1-3H3,(H,14,18). The highest BCUT2D eigenvalue weighted by Gasteiger charge is 2.14. The zero-order valence-corrected chi connectivity index (χ0v) is 12.5. The molecule has 1 rings (SSSR count). The number of carbonyl (C=O) groups is 2. The lowest BCUT2D eigenvalue weighted by molar-refractivity contribution is -0.129. The van der Waals surface area contributed by atoms with Gasteiger partial charge < -0.3 is 10.2 Å². The molecule has 0 aromatic carbocycles. The van der Waals surface area contributed by atoms with Crippen molar-refractivity contribution >= 4 is 23.2 Å². The lowest BCUT2D eigenvalue weighted by Gasteiger charge is -2.18. The van der Waals surface area contributed by atoms with Crippen LogP contribution in [0.1, 0.15) is 49.1 Å². The van der Waals surface area contributed by atoms with Crippen LogP contribution in [0.25, 0.3) is 0 Å². The van der Waals surface area contributed by atoms with E-state index in [1.165, 1.54) is 11.3 Å². The summed E-state index contributed by atoms with van der Waals surface area (Å²) in [7, 11) is 0. The van der Waals surface area contributed by atoms with Crippen LogP contribution in [0.4, 0.5) is 0 Å². The Morgan fingerprint density at radius 2 is 2.11 bits per heavy atom. The van der Waals surface area contributed by atoms with Gasteiger partial charge in [0, 0.05) is 25.4 Å². The Hall–Kier alpha value is -1.43. The van der Waals surface area contributed by atoms with Crippen LogP contribution in [0.15, 0.2) is 5.38 Å². The molecule has 0 unspecified atom stereocenters. The average molecular weight is 283 g/mol. The molecule has 0 fully saturated rings. The Bertz CT molecular complexity index is 431. The summed E-state index contributed by atoms with van der Waals surface area (Å²) in [6, 6.07) is 0. The van der Waals surface area contributed by atoms with Gasteiger partial charge in [0.05, 0.1) is 6.54 Å². The molecule has 1 aromatic heterocycles. The van der Waals surface area contributed by atoms with Crippen LogP contribution in [0, 0.1) is 0 Å². The van der Waals surface area contributed by atoms with Crippen molar-refractivity contribution in [2.45, 2.75) is 40.2 Å². The van der Waals surface area contributed by atoms with Crippen molar-refractivity contribution in [3.63, 3.8) is 0 Å². The minimum Gasteiger partial charge on any atom is -0.351 e. The van der Waals surface area contributed by atoms with Crippen molar-refractivity contribution in [2.24, 2.45) is 0 Å². The zero-order valence-electron chi connectivity index (χ0n) is 11.7. The van der Waals surface area contributed by atoms with E-state index in [4.69, 9.17) is 0 Å². The van der Waals surface area contributed by atoms with Gasteiger partial charge in [0.1, 0.15) is 10.7 Å². The van der Waals surface area contributed by atoms with Crippen LogP contribution in [-0.2, 0) is 11.3 Å². The number of amides is 2. The second kappa shape index (κ2) is 7.89. The second-order valence-electron chi connectivity index (χ2n) is 4.32. The van der Waals surface area contributed by atoms with Crippen molar-refractivity contribution < 1.29 is 9.59 Å². The molecule has 0 aliphatic rings. The largest absolute Gasteiger partial charge is 0.351 e. The number of thiazole rings is 1. The number of aromatic nitrogens is 1. The van der Waals surface area contributed by atoms with Crippen LogP contribution < -0.4 is 5.32 Å². The Labute approximate surface area is 118 Å². The number of nitrogens with zero attached hydrogens (tertiary/aromatic N) is 2. The number of carbonyl (C=O) groups excluding carboxylic acids is 2. The van der Waals surface area contributed by atoms with Gasteiger partial charge in [0.15, 0.2) is 0 Å². The summed E-state index contributed by atoms with van der Waals surface area (Å²) in [6.45, 7) is 7.43. The van der Waals surface area contributed by atoms with Crippen LogP contribution >= 0.6 is 11.3 Å². The second-order valence-corrected chi connectivity index (χ2v) is 5.27. The molecule has 0 atom stereocenters. The van der Waals surface area contributed by atoms with Gasteiger partial charge in [-0.1, -0.05) is 13.8 Å². The predicted octanol–water partition coefficient (Wildman–Crippen LogP) is 2.04. The number of hydrogen-bond acceptors (Lipinski definition) is 4. The Kier molecular flexibility index (Phi) is 6.49. The average Bonchev–Trinajstić information content (AvgIpc) is 2.84. The Balaban J connectivity index is 2.63. The number of nitrogens with one attached hydrogen (secondary N) is 1. The first-order chi connectivity index (χ1) is 9.08. The molecule has 1 N–H and O–H groups in total. The quantitative estimate of drug-likeness (QED) is 0.833. The molecule has 0 saturated heterocycles. The molecule has 0 spiro atoms. The minimum absolute atomic E-state index is 0.0361. The summed E-state index contributed by atoms with van der Waals surface area (Å²) in [6.07, 6.45) is 1.81. The van der Waals surface area contributed by atoms with E-state index in [9.17, 15) is 9.59 Å². The van der Waals surface area contributed by atoms with Crippen LogP contribution in [0.2, 0.25) is 0 Å². The summed E-state index contributed by atoms with van der Waals surface area (Å²) in [5, 5.41) is 5.33. The predicted molar refractivity (Wildman–Crippen MR) is 76.1 cm³/mol. The lowest BCUT2D eigenvalue weighted by atomic mass is 10.4. The fraction of sp³-hybridized carbons (Fsp3) is 0.615. The van der Waals surface area contributed by atoms with E-state index in [0.717, 1.165) is 17.8 Å². The summed E-state index contributed by atoms with van der Waals surface area (Å²) >= 11 is 1.42. The molecular formula is C13H21N3O2S. The van der Waals surface area contributed by atoms with Gasteiger partial charge in [-0.05, 0) is 12.8 Å². The molecule has 1 heterocycles. The highest BCUT2D eigenvalue weighted by Crippen LogP contribution is 2.13. The molecule has 6 heteroatoms. The molecule has 5 nitrogen and oxygen atoms in total.